The zero-order valence-electron chi connectivity index (χ0n) is 23.7. The highest BCUT2D eigenvalue weighted by atomic mass is 32.2. The Balaban J connectivity index is 1.23. The van der Waals surface area contributed by atoms with Crippen LogP contribution < -0.4 is 0 Å². The first kappa shape index (κ1) is 27.7. The molecule has 0 bridgehead atoms. The molecule has 0 aromatic rings. The molecule has 6 nitrogen and oxygen atoms in total. The number of rotatable bonds is 5. The van der Waals surface area contributed by atoms with Crippen molar-refractivity contribution in [2.24, 2.45) is 52.3 Å². The molecular formula is C30H51NO5S. The van der Waals surface area contributed by atoms with Crippen molar-refractivity contribution in [3.63, 3.8) is 0 Å². The van der Waals surface area contributed by atoms with Crippen LogP contribution in [0.4, 0.5) is 4.79 Å². The molecule has 0 spiro atoms. The molecule has 37 heavy (non-hydrogen) atoms. The van der Waals surface area contributed by atoms with E-state index in [0.29, 0.717) is 48.0 Å². The van der Waals surface area contributed by atoms with Gasteiger partial charge in [-0.05, 0) is 123 Å². The van der Waals surface area contributed by atoms with Crippen molar-refractivity contribution in [2.75, 3.05) is 18.9 Å². The van der Waals surface area contributed by atoms with Crippen LogP contribution in [0.3, 0.4) is 0 Å². The highest BCUT2D eigenvalue weighted by Crippen LogP contribution is 2.69. The van der Waals surface area contributed by atoms with Crippen molar-refractivity contribution in [3.05, 3.63) is 0 Å². The molecule has 4 aliphatic carbocycles. The number of sulfonamides is 1. The summed E-state index contributed by atoms with van der Waals surface area (Å²) >= 11 is 0. The van der Waals surface area contributed by atoms with E-state index in [1.807, 2.05) is 0 Å². The maximum absolute atomic E-state index is 12.5. The number of hydrogen-bond acceptors (Lipinski definition) is 5. The number of carbonyl (C=O) groups excluding carboxylic acids is 1. The molecule has 1 N–H and O–H groups in total. The van der Waals surface area contributed by atoms with E-state index in [-0.39, 0.29) is 18.4 Å². The predicted molar refractivity (Wildman–Crippen MR) is 145 cm³/mol. The summed E-state index contributed by atoms with van der Waals surface area (Å²) in [5, 5.41) is 10.5. The third kappa shape index (κ3) is 4.76. The number of nitrogens with zero attached hydrogens (tertiary/aromatic N) is 1. The Morgan fingerprint density at radius 1 is 1.03 bits per heavy atom. The summed E-state index contributed by atoms with van der Waals surface area (Å²) in [6, 6.07) is 0. The van der Waals surface area contributed by atoms with Gasteiger partial charge in [0.2, 0.25) is 10.0 Å². The lowest BCUT2D eigenvalue weighted by Gasteiger charge is -2.63. The van der Waals surface area contributed by atoms with Crippen LogP contribution >= 0.6 is 0 Å². The molecule has 1 unspecified atom stereocenters. The molecule has 5 aliphatic rings. The minimum Gasteiger partial charge on any atom is -0.449 e. The van der Waals surface area contributed by atoms with Gasteiger partial charge in [0.1, 0.15) is 0 Å². The highest BCUT2D eigenvalue weighted by molar-refractivity contribution is 7.89. The SMILES string of the molecule is CC[C@H]1C[C@H]2[C@@H]3CC[C@H]([C@H](C)CCOC(=O)N4CCCCS4(=O)=O)[C@@]3(C)CC[C@@H]2[C@@]2(C)CC[C@@H](O)CC12. The Kier molecular flexibility index (Phi) is 7.72. The van der Waals surface area contributed by atoms with E-state index in [1.165, 1.54) is 44.9 Å². The molecule has 1 saturated heterocycles. The van der Waals surface area contributed by atoms with Crippen molar-refractivity contribution in [2.45, 2.75) is 111 Å². The highest BCUT2D eigenvalue weighted by Gasteiger charge is 2.62. The summed E-state index contributed by atoms with van der Waals surface area (Å²) in [5.74, 6) is 4.93. The second-order valence-corrected chi connectivity index (χ2v) is 16.0. The lowest BCUT2D eigenvalue weighted by Crippen LogP contribution is -2.56. The smallest absolute Gasteiger partial charge is 0.423 e. The monoisotopic (exact) mass is 537 g/mol. The van der Waals surface area contributed by atoms with Gasteiger partial charge in [0.25, 0.3) is 0 Å². The first-order valence-corrected chi connectivity index (χ1v) is 17.0. The molecule has 0 radical (unpaired) electrons. The van der Waals surface area contributed by atoms with Crippen LogP contribution in [0.2, 0.25) is 0 Å². The second kappa shape index (κ2) is 10.3. The Morgan fingerprint density at radius 2 is 1.76 bits per heavy atom. The molecule has 1 heterocycles. The largest absolute Gasteiger partial charge is 0.449 e. The zero-order valence-corrected chi connectivity index (χ0v) is 24.5. The van der Waals surface area contributed by atoms with Crippen LogP contribution in [-0.4, -0.2) is 48.9 Å². The van der Waals surface area contributed by atoms with E-state index >= 15 is 0 Å². The lowest BCUT2D eigenvalue weighted by molar-refractivity contribution is -0.152. The standard InChI is InChI=1S/C30H51NO5S/c1-5-21-18-23-25-9-8-24(20(2)12-16-36-28(33)31-15-6-7-17-37(31,34)35)29(25,3)14-11-26(23)30(4)13-10-22(32)19-27(21)30/h20-27,32H,5-19H2,1-4H3/t20-,21+,22-,23+,24-,25+,26+,27?,29-,30-/m1/s1. The van der Waals surface area contributed by atoms with Gasteiger partial charge >= 0.3 is 6.09 Å². The molecule has 212 valence electrons. The Morgan fingerprint density at radius 3 is 2.49 bits per heavy atom. The van der Waals surface area contributed by atoms with E-state index in [0.717, 1.165) is 47.2 Å². The van der Waals surface area contributed by atoms with Gasteiger partial charge in [0.15, 0.2) is 0 Å². The van der Waals surface area contributed by atoms with Gasteiger partial charge in [0.05, 0.1) is 18.5 Å². The Bertz CT molecular complexity index is 954. The van der Waals surface area contributed by atoms with Crippen molar-refractivity contribution in [3.8, 4) is 0 Å². The van der Waals surface area contributed by atoms with Crippen LogP contribution in [0.1, 0.15) is 105 Å². The fraction of sp³-hybridized carbons (Fsp3) is 0.967. The summed E-state index contributed by atoms with van der Waals surface area (Å²) in [6.07, 6.45) is 12.3. The summed E-state index contributed by atoms with van der Waals surface area (Å²) < 4.78 is 30.9. The van der Waals surface area contributed by atoms with Crippen LogP contribution in [0.15, 0.2) is 0 Å². The van der Waals surface area contributed by atoms with Crippen molar-refractivity contribution < 1.29 is 23.1 Å². The van der Waals surface area contributed by atoms with E-state index in [4.69, 9.17) is 4.74 Å². The third-order valence-corrected chi connectivity index (χ3v) is 14.3. The average molecular weight is 538 g/mol. The van der Waals surface area contributed by atoms with Crippen molar-refractivity contribution in [1.82, 2.24) is 4.31 Å². The summed E-state index contributed by atoms with van der Waals surface area (Å²) in [5.41, 5.74) is 0.729. The van der Waals surface area contributed by atoms with E-state index in [1.54, 1.807) is 0 Å². The fourth-order valence-corrected chi connectivity index (χ4v) is 12.0. The number of ether oxygens (including phenoxy) is 1. The number of carbonyl (C=O) groups is 1. The molecule has 4 saturated carbocycles. The van der Waals surface area contributed by atoms with Crippen molar-refractivity contribution in [1.29, 1.82) is 0 Å². The van der Waals surface area contributed by atoms with Gasteiger partial charge in [0, 0.05) is 6.54 Å². The molecule has 7 heteroatoms. The van der Waals surface area contributed by atoms with Gasteiger partial charge in [-0.25, -0.2) is 17.5 Å². The number of aliphatic hydroxyl groups excluding tert-OH is 1. The van der Waals surface area contributed by atoms with Gasteiger partial charge in [-0.15, -0.1) is 0 Å². The Labute approximate surface area is 225 Å². The normalized spacial score (nSPS) is 45.9. The molecular weight excluding hydrogens is 486 g/mol. The van der Waals surface area contributed by atoms with Gasteiger partial charge in [-0.2, -0.15) is 0 Å². The molecule has 10 atom stereocenters. The van der Waals surface area contributed by atoms with Crippen molar-refractivity contribution >= 4 is 16.1 Å². The molecule has 1 aliphatic heterocycles. The third-order valence-electron chi connectivity index (χ3n) is 12.5. The molecule has 5 fully saturated rings. The second-order valence-electron chi connectivity index (χ2n) is 14.0. The quantitative estimate of drug-likeness (QED) is 0.449. The fourth-order valence-electron chi connectivity index (χ4n) is 10.5. The maximum Gasteiger partial charge on any atom is 0.423 e. The van der Waals surface area contributed by atoms with Crippen LogP contribution in [-0.2, 0) is 14.8 Å². The lowest BCUT2D eigenvalue weighted by atomic mass is 9.42. The first-order valence-electron chi connectivity index (χ1n) is 15.4. The maximum atomic E-state index is 12.5. The minimum absolute atomic E-state index is 0.0434. The summed E-state index contributed by atoms with van der Waals surface area (Å²) in [4.78, 5) is 12.5. The topological polar surface area (TPSA) is 83.9 Å². The summed E-state index contributed by atoms with van der Waals surface area (Å²) in [6.45, 7) is 10.4. The first-order chi connectivity index (χ1) is 17.5. The van der Waals surface area contributed by atoms with Gasteiger partial charge in [-0.3, -0.25) is 0 Å². The van der Waals surface area contributed by atoms with E-state index < -0.39 is 16.1 Å². The molecule has 0 aromatic carbocycles. The van der Waals surface area contributed by atoms with Crippen LogP contribution in [0.5, 0.6) is 0 Å². The predicted octanol–water partition coefficient (Wildman–Crippen LogP) is 6.23. The van der Waals surface area contributed by atoms with Gasteiger partial charge < -0.3 is 9.84 Å². The average Bonchev–Trinajstić information content (AvgIpc) is 3.21. The molecule has 1 amide bonds. The number of aliphatic hydroxyl groups is 1. The number of hydrogen-bond donors (Lipinski definition) is 1. The van der Waals surface area contributed by atoms with Gasteiger partial charge in [-0.1, -0.05) is 34.1 Å². The van der Waals surface area contributed by atoms with Crippen LogP contribution in [0, 0.1) is 52.3 Å². The molecule has 0 aromatic heterocycles. The molecule has 5 rings (SSSR count). The zero-order chi connectivity index (χ0) is 26.6. The Hall–Kier alpha value is -0.820. The number of amides is 1. The van der Waals surface area contributed by atoms with Crippen LogP contribution in [0.25, 0.3) is 0 Å². The summed E-state index contributed by atoms with van der Waals surface area (Å²) in [7, 11) is -3.50. The minimum atomic E-state index is -3.50. The van der Waals surface area contributed by atoms with E-state index in [2.05, 4.69) is 27.7 Å². The van der Waals surface area contributed by atoms with E-state index in [9.17, 15) is 18.3 Å². The number of fused-ring (bicyclic) bond motifs is 5.